The van der Waals surface area contributed by atoms with Gasteiger partial charge in [0.1, 0.15) is 6.10 Å². The quantitative estimate of drug-likeness (QED) is 0.833. The molecule has 5 heteroatoms. The molecule has 0 spiro atoms. The number of benzene rings is 1. The molecule has 100 valence electrons. The van der Waals surface area contributed by atoms with E-state index in [1.807, 2.05) is 30.3 Å². The molecule has 0 fully saturated rings. The second-order valence-corrected chi connectivity index (χ2v) is 4.17. The molecule has 1 unspecified atom stereocenters. The van der Waals surface area contributed by atoms with Crippen molar-refractivity contribution in [3.63, 3.8) is 0 Å². The van der Waals surface area contributed by atoms with E-state index in [-0.39, 0.29) is 12.5 Å². The molecule has 0 aliphatic carbocycles. The molecule has 0 bridgehead atoms. The van der Waals surface area contributed by atoms with Crippen LogP contribution in [-0.4, -0.2) is 30.6 Å². The van der Waals surface area contributed by atoms with Crippen molar-refractivity contribution in [3.05, 3.63) is 42.1 Å². The topological polar surface area (TPSA) is 77.2 Å². The molecule has 1 amide bonds. The number of hydrogen-bond donors (Lipinski definition) is 2. The highest BCUT2D eigenvalue weighted by Crippen LogP contribution is 2.15. The minimum Gasteiger partial charge on any atom is -0.370 e. The zero-order chi connectivity index (χ0) is 13.7. The van der Waals surface area contributed by atoms with Crippen LogP contribution in [0.25, 0.3) is 10.9 Å². The van der Waals surface area contributed by atoms with E-state index >= 15 is 0 Å². The predicted octanol–water partition coefficient (Wildman–Crippen LogP) is 0.825. The van der Waals surface area contributed by atoms with E-state index in [2.05, 4.69) is 10.3 Å². The van der Waals surface area contributed by atoms with Gasteiger partial charge in [0.15, 0.2) is 0 Å². The third-order valence-electron chi connectivity index (χ3n) is 2.96. The number of hydrogen-bond acceptors (Lipinski definition) is 4. The van der Waals surface area contributed by atoms with Crippen LogP contribution in [0.5, 0.6) is 0 Å². The van der Waals surface area contributed by atoms with Gasteiger partial charge in [0, 0.05) is 31.8 Å². The van der Waals surface area contributed by atoms with Crippen molar-refractivity contribution in [2.24, 2.45) is 5.73 Å². The SMILES string of the molecule is COC(CN)C(=O)NCc1cccc2cccnc12. The van der Waals surface area contributed by atoms with Gasteiger partial charge in [0.05, 0.1) is 5.52 Å². The summed E-state index contributed by atoms with van der Waals surface area (Å²) in [6.07, 6.45) is 1.13. The zero-order valence-corrected chi connectivity index (χ0v) is 10.8. The first-order valence-corrected chi connectivity index (χ1v) is 6.09. The number of nitrogens with zero attached hydrogens (tertiary/aromatic N) is 1. The van der Waals surface area contributed by atoms with Gasteiger partial charge in [-0.05, 0) is 11.6 Å². The normalized spacial score (nSPS) is 12.3. The number of carbonyl (C=O) groups excluding carboxylic acids is 1. The van der Waals surface area contributed by atoms with E-state index in [9.17, 15) is 4.79 Å². The fourth-order valence-corrected chi connectivity index (χ4v) is 1.92. The number of carbonyl (C=O) groups is 1. The van der Waals surface area contributed by atoms with Crippen molar-refractivity contribution in [2.75, 3.05) is 13.7 Å². The zero-order valence-electron chi connectivity index (χ0n) is 10.8. The summed E-state index contributed by atoms with van der Waals surface area (Å²) < 4.78 is 4.98. The number of nitrogens with two attached hydrogens (primary N) is 1. The largest absolute Gasteiger partial charge is 0.370 e. The number of ether oxygens (including phenoxy) is 1. The number of aromatic nitrogens is 1. The predicted molar refractivity (Wildman–Crippen MR) is 73.4 cm³/mol. The lowest BCUT2D eigenvalue weighted by Gasteiger charge is -2.13. The Labute approximate surface area is 111 Å². The fourth-order valence-electron chi connectivity index (χ4n) is 1.92. The van der Waals surface area contributed by atoms with E-state index < -0.39 is 6.10 Å². The molecule has 1 aromatic heterocycles. The number of rotatable bonds is 5. The lowest BCUT2D eigenvalue weighted by Crippen LogP contribution is -2.40. The molecular weight excluding hydrogens is 242 g/mol. The van der Waals surface area contributed by atoms with Crippen LogP contribution < -0.4 is 11.1 Å². The first-order valence-electron chi connectivity index (χ1n) is 6.09. The van der Waals surface area contributed by atoms with Crippen LogP contribution in [0.1, 0.15) is 5.56 Å². The highest BCUT2D eigenvalue weighted by molar-refractivity contribution is 5.83. The van der Waals surface area contributed by atoms with Crippen molar-refractivity contribution in [1.82, 2.24) is 10.3 Å². The average molecular weight is 259 g/mol. The molecule has 1 aromatic carbocycles. The maximum Gasteiger partial charge on any atom is 0.250 e. The summed E-state index contributed by atoms with van der Waals surface area (Å²) in [5, 5.41) is 3.86. The van der Waals surface area contributed by atoms with E-state index in [1.165, 1.54) is 7.11 Å². The molecule has 0 radical (unpaired) electrons. The van der Waals surface area contributed by atoms with E-state index in [1.54, 1.807) is 6.20 Å². The summed E-state index contributed by atoms with van der Waals surface area (Å²) in [5.41, 5.74) is 7.31. The van der Waals surface area contributed by atoms with Gasteiger partial charge in [0.2, 0.25) is 0 Å². The first-order chi connectivity index (χ1) is 9.26. The van der Waals surface area contributed by atoms with Crippen molar-refractivity contribution < 1.29 is 9.53 Å². The Balaban J connectivity index is 2.12. The monoisotopic (exact) mass is 259 g/mol. The van der Waals surface area contributed by atoms with E-state index in [0.717, 1.165) is 16.5 Å². The van der Waals surface area contributed by atoms with Gasteiger partial charge >= 0.3 is 0 Å². The Hall–Kier alpha value is -1.98. The molecule has 3 N–H and O–H groups in total. The number of amides is 1. The van der Waals surface area contributed by atoms with Gasteiger partial charge in [-0.25, -0.2) is 0 Å². The lowest BCUT2D eigenvalue weighted by molar-refractivity contribution is -0.130. The third kappa shape index (κ3) is 3.07. The summed E-state index contributed by atoms with van der Waals surface area (Å²) in [6, 6.07) is 9.76. The Morgan fingerprint density at radius 1 is 1.42 bits per heavy atom. The summed E-state index contributed by atoms with van der Waals surface area (Å²) in [7, 11) is 1.47. The van der Waals surface area contributed by atoms with Crippen molar-refractivity contribution in [3.8, 4) is 0 Å². The fraction of sp³-hybridized carbons (Fsp3) is 0.286. The molecule has 1 atom stereocenters. The minimum atomic E-state index is -0.608. The molecule has 1 heterocycles. The van der Waals surface area contributed by atoms with Crippen molar-refractivity contribution in [2.45, 2.75) is 12.6 Å². The summed E-state index contributed by atoms with van der Waals surface area (Å²) in [5.74, 6) is -0.210. The second-order valence-electron chi connectivity index (χ2n) is 4.17. The molecule has 2 aromatic rings. The Bertz CT molecular complexity index is 562. The maximum absolute atomic E-state index is 11.8. The van der Waals surface area contributed by atoms with Gasteiger partial charge in [-0.3, -0.25) is 9.78 Å². The molecular formula is C14H17N3O2. The Morgan fingerprint density at radius 3 is 2.95 bits per heavy atom. The van der Waals surface area contributed by atoms with Gasteiger partial charge in [-0.1, -0.05) is 24.3 Å². The smallest absolute Gasteiger partial charge is 0.250 e. The summed E-state index contributed by atoms with van der Waals surface area (Å²) in [6.45, 7) is 0.573. The van der Waals surface area contributed by atoms with Crippen LogP contribution >= 0.6 is 0 Å². The van der Waals surface area contributed by atoms with Gasteiger partial charge < -0.3 is 15.8 Å². The van der Waals surface area contributed by atoms with Gasteiger partial charge in [-0.2, -0.15) is 0 Å². The van der Waals surface area contributed by atoms with Crippen LogP contribution in [0.3, 0.4) is 0 Å². The number of methoxy groups -OCH3 is 1. The summed E-state index contributed by atoms with van der Waals surface area (Å²) >= 11 is 0. The number of pyridine rings is 1. The maximum atomic E-state index is 11.8. The third-order valence-corrected chi connectivity index (χ3v) is 2.96. The number of para-hydroxylation sites is 1. The van der Waals surface area contributed by atoms with Crippen LogP contribution in [0.15, 0.2) is 36.5 Å². The first kappa shape index (κ1) is 13.5. The van der Waals surface area contributed by atoms with Gasteiger partial charge in [-0.15, -0.1) is 0 Å². The van der Waals surface area contributed by atoms with Crippen LogP contribution in [0, 0.1) is 0 Å². The van der Waals surface area contributed by atoms with Gasteiger partial charge in [0.25, 0.3) is 5.91 Å². The molecule has 0 saturated carbocycles. The highest BCUT2D eigenvalue weighted by Gasteiger charge is 2.15. The molecule has 5 nitrogen and oxygen atoms in total. The standard InChI is InChI=1S/C14H17N3O2/c1-19-12(8-15)14(18)17-9-11-5-2-4-10-6-3-7-16-13(10)11/h2-7,12H,8-9,15H2,1H3,(H,17,18). The molecule has 0 aliphatic rings. The highest BCUT2D eigenvalue weighted by atomic mass is 16.5. The second kappa shape index (κ2) is 6.26. The van der Waals surface area contributed by atoms with Crippen LogP contribution in [-0.2, 0) is 16.1 Å². The number of nitrogens with one attached hydrogen (secondary N) is 1. The van der Waals surface area contributed by atoms with Crippen molar-refractivity contribution in [1.29, 1.82) is 0 Å². The van der Waals surface area contributed by atoms with E-state index in [0.29, 0.717) is 6.54 Å². The lowest BCUT2D eigenvalue weighted by atomic mass is 10.1. The average Bonchev–Trinajstić information content (AvgIpc) is 2.46. The van der Waals surface area contributed by atoms with Crippen LogP contribution in [0.2, 0.25) is 0 Å². The van der Waals surface area contributed by atoms with E-state index in [4.69, 9.17) is 10.5 Å². The molecule has 0 aliphatic heterocycles. The number of fused-ring (bicyclic) bond motifs is 1. The van der Waals surface area contributed by atoms with Crippen molar-refractivity contribution >= 4 is 16.8 Å². The molecule has 2 rings (SSSR count). The minimum absolute atomic E-state index is 0.163. The Kier molecular flexibility index (Phi) is 4.43. The molecule has 19 heavy (non-hydrogen) atoms. The van der Waals surface area contributed by atoms with Crippen LogP contribution in [0.4, 0.5) is 0 Å². The Morgan fingerprint density at radius 2 is 2.21 bits per heavy atom. The molecule has 0 saturated heterocycles. The summed E-state index contributed by atoms with van der Waals surface area (Å²) in [4.78, 5) is 16.1.